The second kappa shape index (κ2) is 7.78. The molecule has 0 heterocycles. The fraction of sp³-hybridized carbons (Fsp3) is 0.176. The molecule has 0 bridgehead atoms. The molecule has 2 rings (SSSR count). The van der Waals surface area contributed by atoms with Crippen molar-refractivity contribution in [2.75, 3.05) is 13.1 Å². The summed E-state index contributed by atoms with van der Waals surface area (Å²) in [4.78, 5) is 23.7. The lowest BCUT2D eigenvalue weighted by Crippen LogP contribution is -2.35. The minimum absolute atomic E-state index is 0.0101. The lowest BCUT2D eigenvalue weighted by molar-refractivity contribution is -0.137. The first-order chi connectivity index (χ1) is 11.8. The first-order valence-electron chi connectivity index (χ1n) is 7.27. The van der Waals surface area contributed by atoms with E-state index in [4.69, 9.17) is 0 Å². The molecule has 0 fully saturated rings. The summed E-state index contributed by atoms with van der Waals surface area (Å²) >= 11 is 0. The van der Waals surface area contributed by atoms with Crippen LogP contribution in [0.25, 0.3) is 0 Å². The molecule has 2 amide bonds. The van der Waals surface area contributed by atoms with E-state index >= 15 is 0 Å². The van der Waals surface area contributed by atoms with Crippen molar-refractivity contribution in [2.24, 2.45) is 0 Å². The monoisotopic (exact) mass is 354 g/mol. The van der Waals surface area contributed by atoms with Gasteiger partial charge in [0.2, 0.25) is 0 Å². The van der Waals surface area contributed by atoms with Gasteiger partial charge in [-0.15, -0.1) is 0 Å². The van der Waals surface area contributed by atoms with Crippen LogP contribution in [0.1, 0.15) is 26.3 Å². The molecule has 0 atom stereocenters. The molecule has 0 saturated heterocycles. The number of nitrogens with one attached hydrogen (secondary N) is 2. The van der Waals surface area contributed by atoms with E-state index in [1.807, 2.05) is 0 Å². The molecule has 0 aliphatic heterocycles. The quantitative estimate of drug-likeness (QED) is 0.641. The Hall–Kier alpha value is -2.90. The summed E-state index contributed by atoms with van der Waals surface area (Å²) in [7, 11) is 0. The van der Waals surface area contributed by atoms with Crippen LogP contribution < -0.4 is 10.6 Å². The zero-order chi connectivity index (χ0) is 18.4. The number of rotatable bonds is 5. The molecular formula is C17H14F4N2O2. The molecule has 0 spiro atoms. The molecule has 0 radical (unpaired) electrons. The number of carbonyl (C=O) groups excluding carboxylic acids is 2. The Labute approximate surface area is 140 Å². The van der Waals surface area contributed by atoms with E-state index in [1.54, 1.807) is 0 Å². The molecule has 8 heteroatoms. The van der Waals surface area contributed by atoms with Crippen LogP contribution in [0.15, 0.2) is 48.5 Å². The van der Waals surface area contributed by atoms with Crippen molar-refractivity contribution < 1.29 is 27.2 Å². The molecule has 0 aromatic heterocycles. The fourth-order valence-corrected chi connectivity index (χ4v) is 2.08. The van der Waals surface area contributed by atoms with E-state index in [0.29, 0.717) is 0 Å². The lowest BCUT2D eigenvalue weighted by Gasteiger charge is -2.12. The van der Waals surface area contributed by atoms with Gasteiger partial charge in [-0.3, -0.25) is 9.59 Å². The Bertz CT molecular complexity index is 758. The van der Waals surface area contributed by atoms with Crippen LogP contribution in [0, 0.1) is 5.82 Å². The first kappa shape index (κ1) is 18.4. The number of halogens is 4. The minimum Gasteiger partial charge on any atom is -0.350 e. The van der Waals surface area contributed by atoms with Gasteiger partial charge in [-0.1, -0.05) is 12.1 Å². The summed E-state index contributed by atoms with van der Waals surface area (Å²) in [5.41, 5.74) is -1.28. The van der Waals surface area contributed by atoms with Gasteiger partial charge in [0, 0.05) is 18.7 Å². The van der Waals surface area contributed by atoms with Crippen LogP contribution in [0.5, 0.6) is 0 Å². The van der Waals surface area contributed by atoms with Gasteiger partial charge in [0.25, 0.3) is 11.8 Å². The smallest absolute Gasteiger partial charge is 0.350 e. The van der Waals surface area contributed by atoms with Crippen LogP contribution in [0.3, 0.4) is 0 Å². The maximum Gasteiger partial charge on any atom is 0.417 e. The van der Waals surface area contributed by atoms with Gasteiger partial charge in [-0.25, -0.2) is 4.39 Å². The zero-order valence-corrected chi connectivity index (χ0v) is 12.9. The van der Waals surface area contributed by atoms with Crippen LogP contribution in [0.4, 0.5) is 17.6 Å². The molecular weight excluding hydrogens is 340 g/mol. The first-order valence-corrected chi connectivity index (χ1v) is 7.27. The van der Waals surface area contributed by atoms with Crippen molar-refractivity contribution in [1.29, 1.82) is 0 Å². The molecule has 0 aliphatic carbocycles. The summed E-state index contributed by atoms with van der Waals surface area (Å²) in [5.74, 6) is -1.85. The van der Waals surface area contributed by atoms with Gasteiger partial charge in [0.15, 0.2) is 0 Å². The van der Waals surface area contributed by atoms with Gasteiger partial charge in [-0.2, -0.15) is 13.2 Å². The largest absolute Gasteiger partial charge is 0.417 e. The normalized spacial score (nSPS) is 11.0. The van der Waals surface area contributed by atoms with E-state index in [0.717, 1.165) is 24.3 Å². The maximum atomic E-state index is 12.9. The van der Waals surface area contributed by atoms with E-state index in [2.05, 4.69) is 10.6 Å². The average Bonchev–Trinajstić information content (AvgIpc) is 2.58. The Morgan fingerprint density at radius 2 is 1.40 bits per heavy atom. The highest BCUT2D eigenvalue weighted by atomic mass is 19.4. The summed E-state index contributed by atoms with van der Waals surface area (Å²) in [6.07, 6.45) is -4.63. The van der Waals surface area contributed by atoms with Crippen LogP contribution in [-0.4, -0.2) is 24.9 Å². The van der Waals surface area contributed by atoms with Crippen molar-refractivity contribution in [3.05, 3.63) is 71.0 Å². The molecule has 0 unspecified atom stereocenters. The molecule has 4 nitrogen and oxygen atoms in total. The highest BCUT2D eigenvalue weighted by Gasteiger charge is 2.34. The maximum absolute atomic E-state index is 12.9. The summed E-state index contributed by atoms with van der Waals surface area (Å²) < 4.78 is 51.3. The standard InChI is InChI=1S/C17H14F4N2O2/c18-12-7-5-11(6-8-12)15(24)22-9-10-23-16(25)13-3-1-2-4-14(13)17(19,20)21/h1-8H,9-10H2,(H,22,24)(H,23,25). The van der Waals surface area contributed by atoms with E-state index in [-0.39, 0.29) is 18.7 Å². The molecule has 2 N–H and O–H groups in total. The highest BCUT2D eigenvalue weighted by molar-refractivity contribution is 5.96. The molecule has 2 aromatic rings. The number of amides is 2. The highest BCUT2D eigenvalue weighted by Crippen LogP contribution is 2.31. The third kappa shape index (κ3) is 5.03. The van der Waals surface area contributed by atoms with Gasteiger partial charge in [0.05, 0.1) is 11.1 Å². The van der Waals surface area contributed by atoms with Crippen molar-refractivity contribution in [2.45, 2.75) is 6.18 Å². The number of benzene rings is 2. The predicted octanol–water partition coefficient (Wildman–Crippen LogP) is 3.00. The van der Waals surface area contributed by atoms with E-state index in [1.165, 1.54) is 24.3 Å². The predicted molar refractivity (Wildman–Crippen MR) is 82.5 cm³/mol. The average molecular weight is 354 g/mol. The van der Waals surface area contributed by atoms with Crippen molar-refractivity contribution in [3.8, 4) is 0 Å². The molecule has 2 aromatic carbocycles. The van der Waals surface area contributed by atoms with E-state index in [9.17, 15) is 27.2 Å². The van der Waals surface area contributed by atoms with Crippen LogP contribution in [-0.2, 0) is 6.18 Å². The summed E-state index contributed by atoms with van der Waals surface area (Å²) in [5, 5.41) is 4.79. The van der Waals surface area contributed by atoms with Crippen molar-refractivity contribution >= 4 is 11.8 Å². The summed E-state index contributed by atoms with van der Waals surface area (Å²) in [6, 6.07) is 9.28. The fourth-order valence-electron chi connectivity index (χ4n) is 2.08. The van der Waals surface area contributed by atoms with Crippen LogP contribution >= 0.6 is 0 Å². The Balaban J connectivity index is 1.87. The number of alkyl halides is 3. The topological polar surface area (TPSA) is 58.2 Å². The van der Waals surface area contributed by atoms with E-state index < -0.39 is 34.9 Å². The Kier molecular flexibility index (Phi) is 5.74. The number of hydrogen-bond acceptors (Lipinski definition) is 2. The molecule has 132 valence electrons. The Morgan fingerprint density at radius 3 is 2.00 bits per heavy atom. The van der Waals surface area contributed by atoms with Gasteiger partial charge >= 0.3 is 6.18 Å². The zero-order valence-electron chi connectivity index (χ0n) is 12.9. The third-order valence-electron chi connectivity index (χ3n) is 3.28. The van der Waals surface area contributed by atoms with Gasteiger partial charge < -0.3 is 10.6 Å². The van der Waals surface area contributed by atoms with Crippen LogP contribution in [0.2, 0.25) is 0 Å². The SMILES string of the molecule is O=C(NCCNC(=O)c1ccccc1C(F)(F)F)c1ccc(F)cc1. The van der Waals surface area contributed by atoms with Crippen molar-refractivity contribution in [3.63, 3.8) is 0 Å². The summed E-state index contributed by atoms with van der Waals surface area (Å²) in [6.45, 7) is -0.0475. The number of hydrogen-bond donors (Lipinski definition) is 2. The third-order valence-corrected chi connectivity index (χ3v) is 3.28. The van der Waals surface area contributed by atoms with Crippen molar-refractivity contribution in [1.82, 2.24) is 10.6 Å². The Morgan fingerprint density at radius 1 is 0.840 bits per heavy atom. The molecule has 25 heavy (non-hydrogen) atoms. The van der Waals surface area contributed by atoms with Gasteiger partial charge in [-0.05, 0) is 36.4 Å². The minimum atomic E-state index is -4.63. The number of carbonyl (C=O) groups is 2. The lowest BCUT2D eigenvalue weighted by atomic mass is 10.1. The van der Waals surface area contributed by atoms with Gasteiger partial charge in [0.1, 0.15) is 5.82 Å². The second-order valence-corrected chi connectivity index (χ2v) is 5.06. The second-order valence-electron chi connectivity index (χ2n) is 5.06. The molecule has 0 aliphatic rings. The molecule has 0 saturated carbocycles.